The fourth-order valence-corrected chi connectivity index (χ4v) is 5.30. The van der Waals surface area contributed by atoms with Crippen molar-refractivity contribution in [2.75, 3.05) is 4.90 Å². The Hall–Kier alpha value is -5.41. The zero-order valence-corrected chi connectivity index (χ0v) is 21.9. The zero-order valence-electron chi connectivity index (χ0n) is 21.9. The first-order valence-electron chi connectivity index (χ1n) is 13.5. The van der Waals surface area contributed by atoms with Crippen molar-refractivity contribution in [2.45, 2.75) is 0 Å². The van der Waals surface area contributed by atoms with Crippen molar-refractivity contribution >= 4 is 28.0 Å². The third kappa shape index (κ3) is 4.55. The molecular weight excluding hydrogens is 486 g/mol. The lowest BCUT2D eigenvalue weighted by atomic mass is 10.0. The second-order valence-electron chi connectivity index (χ2n) is 9.80. The van der Waals surface area contributed by atoms with E-state index in [1.165, 1.54) is 27.6 Å². The number of fused-ring (bicyclic) bond motifs is 1. The molecule has 5 aromatic carbocycles. The minimum Gasteiger partial charge on any atom is -0.317 e. The number of benzene rings is 5. The van der Waals surface area contributed by atoms with E-state index in [4.69, 9.17) is 0 Å². The summed E-state index contributed by atoms with van der Waals surface area (Å²) in [6.45, 7) is 0. The van der Waals surface area contributed by atoms with Crippen LogP contribution in [0.15, 0.2) is 164 Å². The molecule has 2 aromatic heterocycles. The van der Waals surface area contributed by atoms with Crippen LogP contribution in [0.2, 0.25) is 0 Å². The highest BCUT2D eigenvalue weighted by molar-refractivity contribution is 5.87. The van der Waals surface area contributed by atoms with Gasteiger partial charge in [0, 0.05) is 52.3 Å². The largest absolute Gasteiger partial charge is 0.317 e. The second kappa shape index (κ2) is 10.4. The zero-order chi connectivity index (χ0) is 26.7. The van der Waals surface area contributed by atoms with E-state index in [2.05, 4.69) is 160 Å². The van der Waals surface area contributed by atoms with E-state index in [0.29, 0.717) is 0 Å². The first-order valence-corrected chi connectivity index (χ1v) is 13.5. The van der Waals surface area contributed by atoms with Gasteiger partial charge in [-0.15, -0.1) is 0 Å². The summed E-state index contributed by atoms with van der Waals surface area (Å²) in [5.41, 5.74) is 10.4. The Bertz CT molecular complexity index is 1820. The van der Waals surface area contributed by atoms with Gasteiger partial charge >= 0.3 is 0 Å². The molecule has 0 saturated carbocycles. The maximum atomic E-state index is 4.26. The van der Waals surface area contributed by atoms with Crippen molar-refractivity contribution in [1.29, 1.82) is 0 Å². The third-order valence-electron chi connectivity index (χ3n) is 7.32. The molecule has 0 amide bonds. The van der Waals surface area contributed by atoms with Crippen molar-refractivity contribution in [1.82, 2.24) is 9.55 Å². The predicted molar refractivity (Wildman–Crippen MR) is 167 cm³/mol. The van der Waals surface area contributed by atoms with Gasteiger partial charge in [-0.3, -0.25) is 4.98 Å². The number of hydrogen-bond donors (Lipinski definition) is 0. The molecule has 0 spiro atoms. The van der Waals surface area contributed by atoms with E-state index < -0.39 is 0 Å². The average Bonchev–Trinajstić information content (AvgIpc) is 3.47. The molecular formula is C37H27N3. The molecule has 0 N–H and O–H groups in total. The summed E-state index contributed by atoms with van der Waals surface area (Å²) in [6, 6.07) is 51.4. The summed E-state index contributed by atoms with van der Waals surface area (Å²) in [4.78, 5) is 6.54. The van der Waals surface area contributed by atoms with Crippen LogP contribution in [0.25, 0.3) is 38.8 Å². The SMILES string of the molecule is c1ccc(N(c2ccccc2)c2ccc(-c3ccc(-n4ccc5cc(-c6cccnc6)ccc54)cc3)cc2)cc1. The van der Waals surface area contributed by atoms with Crippen molar-refractivity contribution < 1.29 is 0 Å². The number of anilines is 3. The van der Waals surface area contributed by atoms with Gasteiger partial charge < -0.3 is 9.47 Å². The molecule has 7 aromatic rings. The Morgan fingerprint density at radius 2 is 1.07 bits per heavy atom. The van der Waals surface area contributed by atoms with E-state index >= 15 is 0 Å². The maximum absolute atomic E-state index is 4.26. The first-order chi connectivity index (χ1) is 19.8. The van der Waals surface area contributed by atoms with Gasteiger partial charge in [0.05, 0.1) is 5.52 Å². The van der Waals surface area contributed by atoms with Crippen molar-refractivity contribution in [3.05, 3.63) is 164 Å². The molecule has 3 nitrogen and oxygen atoms in total. The molecule has 0 atom stereocenters. The molecule has 0 radical (unpaired) electrons. The van der Waals surface area contributed by atoms with Crippen LogP contribution in [0.3, 0.4) is 0 Å². The summed E-state index contributed by atoms with van der Waals surface area (Å²) in [6.07, 6.45) is 5.86. The van der Waals surface area contributed by atoms with E-state index in [1.54, 1.807) is 6.20 Å². The van der Waals surface area contributed by atoms with Gasteiger partial charge in [-0.05, 0) is 89.5 Å². The Morgan fingerprint density at radius 1 is 0.475 bits per heavy atom. The lowest BCUT2D eigenvalue weighted by Gasteiger charge is -2.25. The van der Waals surface area contributed by atoms with Crippen LogP contribution in [0.5, 0.6) is 0 Å². The molecule has 0 unspecified atom stereocenters. The molecule has 0 aliphatic heterocycles. The smallest absolute Gasteiger partial charge is 0.0528 e. The molecule has 40 heavy (non-hydrogen) atoms. The minimum absolute atomic E-state index is 1.13. The summed E-state index contributed by atoms with van der Waals surface area (Å²) < 4.78 is 2.24. The first kappa shape index (κ1) is 23.7. The van der Waals surface area contributed by atoms with Crippen LogP contribution in [0.4, 0.5) is 17.1 Å². The highest BCUT2D eigenvalue weighted by Crippen LogP contribution is 2.35. The van der Waals surface area contributed by atoms with Crippen molar-refractivity contribution in [2.24, 2.45) is 0 Å². The minimum atomic E-state index is 1.13. The van der Waals surface area contributed by atoms with E-state index in [1.807, 2.05) is 12.3 Å². The molecule has 190 valence electrons. The standard InChI is InChI=1S/C37H27N3/c1-3-9-34(10-4-1)40(35-11-5-2-6-12-35)36-20-15-29(16-21-36)28-13-18-33(19-14-28)39-25-23-31-26-30(17-22-37(31)39)32-8-7-24-38-27-32/h1-27H. The normalized spacial score (nSPS) is 11.0. The molecule has 2 heterocycles. The number of rotatable bonds is 6. The Kier molecular flexibility index (Phi) is 6.15. The number of pyridine rings is 1. The van der Waals surface area contributed by atoms with Gasteiger partial charge in [0.1, 0.15) is 0 Å². The van der Waals surface area contributed by atoms with Gasteiger partial charge in [-0.1, -0.05) is 72.8 Å². The fourth-order valence-electron chi connectivity index (χ4n) is 5.30. The quantitative estimate of drug-likeness (QED) is 0.221. The van der Waals surface area contributed by atoms with Gasteiger partial charge in [0.15, 0.2) is 0 Å². The molecule has 0 aliphatic carbocycles. The molecule has 0 aliphatic rings. The predicted octanol–water partition coefficient (Wildman–Crippen LogP) is 9.83. The Labute approximate surface area is 234 Å². The molecule has 0 fully saturated rings. The van der Waals surface area contributed by atoms with Gasteiger partial charge in [0.25, 0.3) is 0 Å². The molecule has 3 heteroatoms. The van der Waals surface area contributed by atoms with E-state index in [9.17, 15) is 0 Å². The van der Waals surface area contributed by atoms with Gasteiger partial charge in [-0.25, -0.2) is 0 Å². The molecule has 7 rings (SSSR count). The topological polar surface area (TPSA) is 21.1 Å². The lowest BCUT2D eigenvalue weighted by molar-refractivity contribution is 1.13. The van der Waals surface area contributed by atoms with Gasteiger partial charge in [-0.2, -0.15) is 0 Å². The Morgan fingerprint density at radius 3 is 1.70 bits per heavy atom. The fraction of sp³-hybridized carbons (Fsp3) is 0. The maximum Gasteiger partial charge on any atom is 0.0528 e. The number of aromatic nitrogens is 2. The second-order valence-corrected chi connectivity index (χ2v) is 9.80. The monoisotopic (exact) mass is 513 g/mol. The van der Waals surface area contributed by atoms with E-state index in [0.717, 1.165) is 28.3 Å². The van der Waals surface area contributed by atoms with Crippen LogP contribution in [0.1, 0.15) is 0 Å². The van der Waals surface area contributed by atoms with Gasteiger partial charge in [0.2, 0.25) is 0 Å². The summed E-state index contributed by atoms with van der Waals surface area (Å²) in [7, 11) is 0. The highest BCUT2D eigenvalue weighted by Gasteiger charge is 2.12. The van der Waals surface area contributed by atoms with Crippen LogP contribution in [0, 0.1) is 0 Å². The van der Waals surface area contributed by atoms with Crippen LogP contribution < -0.4 is 4.90 Å². The average molecular weight is 514 g/mol. The molecule has 0 bridgehead atoms. The van der Waals surface area contributed by atoms with Crippen LogP contribution in [-0.4, -0.2) is 9.55 Å². The summed E-state index contributed by atoms with van der Waals surface area (Å²) >= 11 is 0. The van der Waals surface area contributed by atoms with Crippen LogP contribution in [-0.2, 0) is 0 Å². The molecule has 0 saturated heterocycles. The number of nitrogens with zero attached hydrogens (tertiary/aromatic N) is 3. The number of para-hydroxylation sites is 2. The van der Waals surface area contributed by atoms with Crippen LogP contribution >= 0.6 is 0 Å². The van der Waals surface area contributed by atoms with E-state index in [-0.39, 0.29) is 0 Å². The summed E-state index contributed by atoms with van der Waals surface area (Å²) in [5, 5.41) is 1.21. The number of hydrogen-bond acceptors (Lipinski definition) is 2. The lowest BCUT2D eigenvalue weighted by Crippen LogP contribution is -2.09. The third-order valence-corrected chi connectivity index (χ3v) is 7.32. The van der Waals surface area contributed by atoms with Crippen molar-refractivity contribution in [3.63, 3.8) is 0 Å². The Balaban J connectivity index is 1.16. The summed E-state index contributed by atoms with van der Waals surface area (Å²) in [5.74, 6) is 0. The highest BCUT2D eigenvalue weighted by atomic mass is 15.1. The van der Waals surface area contributed by atoms with Crippen molar-refractivity contribution in [3.8, 4) is 27.9 Å².